The monoisotopic (exact) mass is 454 g/mol. The van der Waals surface area contributed by atoms with E-state index >= 15 is 0 Å². The van der Waals surface area contributed by atoms with Gasteiger partial charge in [0.25, 0.3) is 10.1 Å². The highest BCUT2D eigenvalue weighted by Gasteiger charge is 2.19. The summed E-state index contributed by atoms with van der Waals surface area (Å²) in [4.78, 5) is 0. The zero-order valence-corrected chi connectivity index (χ0v) is 21.0. The topological polar surface area (TPSA) is 63.6 Å². The zero-order valence-electron chi connectivity index (χ0n) is 20.2. The van der Waals surface area contributed by atoms with Gasteiger partial charge in [0.15, 0.2) is 0 Å². The maximum atomic E-state index is 11.4. The molecule has 4 nitrogen and oxygen atoms in total. The van der Waals surface area contributed by atoms with Crippen LogP contribution in [0.3, 0.4) is 0 Å². The quantitative estimate of drug-likeness (QED) is 0.173. The van der Waals surface area contributed by atoms with Crippen LogP contribution in [-0.2, 0) is 23.0 Å². The Morgan fingerprint density at radius 3 is 1.90 bits per heavy atom. The first-order valence-electron chi connectivity index (χ1n) is 12.6. The maximum Gasteiger partial charge on any atom is 0.268 e. The molecule has 0 radical (unpaired) electrons. The van der Waals surface area contributed by atoms with Crippen LogP contribution in [0.25, 0.3) is 0 Å². The predicted molar refractivity (Wildman–Crippen MR) is 132 cm³/mol. The Kier molecular flexibility index (Phi) is 14.9. The van der Waals surface area contributed by atoms with E-state index in [0.29, 0.717) is 6.42 Å². The number of ether oxygens (including phenoxy) is 1. The zero-order chi connectivity index (χ0) is 23.0. The standard InChI is InChI=1S/C26H46O4S/c1-4-7-9-11-13-15-18-23-19-17-21-26(30-24(6-3)22-31(27,28)29)25(23)20-16-14-12-10-8-5-2/h17,19,21,24H,4-16,18,20,22H2,1-3H3,(H,27,28,29). The molecule has 1 aromatic rings. The van der Waals surface area contributed by atoms with E-state index in [0.717, 1.165) is 25.0 Å². The minimum Gasteiger partial charge on any atom is -0.489 e. The number of benzene rings is 1. The van der Waals surface area contributed by atoms with Gasteiger partial charge < -0.3 is 4.74 Å². The van der Waals surface area contributed by atoms with E-state index in [1.165, 1.54) is 81.8 Å². The Bertz CT molecular complexity index is 685. The number of aryl methyl sites for hydroxylation is 1. The third-order valence-electron chi connectivity index (χ3n) is 5.96. The van der Waals surface area contributed by atoms with Crippen molar-refractivity contribution >= 4 is 10.1 Å². The molecule has 0 saturated heterocycles. The van der Waals surface area contributed by atoms with Gasteiger partial charge >= 0.3 is 0 Å². The van der Waals surface area contributed by atoms with Crippen molar-refractivity contribution < 1.29 is 17.7 Å². The Morgan fingerprint density at radius 1 is 0.806 bits per heavy atom. The fraction of sp³-hybridized carbons (Fsp3) is 0.769. The van der Waals surface area contributed by atoms with Gasteiger partial charge in [0.2, 0.25) is 0 Å². The van der Waals surface area contributed by atoms with Crippen LogP contribution in [-0.4, -0.2) is 24.8 Å². The minimum absolute atomic E-state index is 0.360. The average Bonchev–Trinajstić information content (AvgIpc) is 2.72. The molecule has 1 aromatic carbocycles. The lowest BCUT2D eigenvalue weighted by Gasteiger charge is -2.21. The van der Waals surface area contributed by atoms with E-state index < -0.39 is 16.2 Å². The minimum atomic E-state index is -4.06. The van der Waals surface area contributed by atoms with E-state index in [-0.39, 0.29) is 5.75 Å². The molecule has 0 amide bonds. The molecule has 0 spiro atoms. The van der Waals surface area contributed by atoms with Gasteiger partial charge in [-0.2, -0.15) is 8.42 Å². The average molecular weight is 455 g/mol. The van der Waals surface area contributed by atoms with Gasteiger partial charge in [0, 0.05) is 0 Å². The summed E-state index contributed by atoms with van der Waals surface area (Å²) in [7, 11) is -4.06. The summed E-state index contributed by atoms with van der Waals surface area (Å²) in [6.07, 6.45) is 17.1. The molecular formula is C26H46O4S. The highest BCUT2D eigenvalue weighted by molar-refractivity contribution is 7.85. The van der Waals surface area contributed by atoms with Gasteiger partial charge in [-0.05, 0) is 49.3 Å². The van der Waals surface area contributed by atoms with Crippen molar-refractivity contribution in [1.29, 1.82) is 0 Å². The Morgan fingerprint density at radius 2 is 1.35 bits per heavy atom. The van der Waals surface area contributed by atoms with Gasteiger partial charge in [-0.1, -0.05) is 97.1 Å². The molecule has 0 heterocycles. The van der Waals surface area contributed by atoms with Crippen LogP contribution in [0.2, 0.25) is 0 Å². The van der Waals surface area contributed by atoms with Crippen molar-refractivity contribution in [3.8, 4) is 5.75 Å². The first-order valence-corrected chi connectivity index (χ1v) is 14.2. The van der Waals surface area contributed by atoms with Crippen LogP contribution in [0.1, 0.15) is 115 Å². The number of hydrogen-bond acceptors (Lipinski definition) is 3. The summed E-state index contributed by atoms with van der Waals surface area (Å²) in [6.45, 7) is 6.37. The van der Waals surface area contributed by atoms with Crippen LogP contribution >= 0.6 is 0 Å². The van der Waals surface area contributed by atoms with E-state index in [1.54, 1.807) is 0 Å². The van der Waals surface area contributed by atoms with Gasteiger partial charge in [-0.15, -0.1) is 0 Å². The fourth-order valence-electron chi connectivity index (χ4n) is 4.07. The number of hydrogen-bond donors (Lipinski definition) is 1. The third-order valence-corrected chi connectivity index (χ3v) is 6.75. The molecule has 1 rings (SSSR count). The second-order valence-corrected chi connectivity index (χ2v) is 10.3. The molecule has 5 heteroatoms. The largest absolute Gasteiger partial charge is 0.489 e. The van der Waals surface area contributed by atoms with Crippen molar-refractivity contribution in [2.45, 2.75) is 123 Å². The molecule has 1 atom stereocenters. The smallest absolute Gasteiger partial charge is 0.268 e. The lowest BCUT2D eigenvalue weighted by atomic mass is 9.95. The maximum absolute atomic E-state index is 11.4. The van der Waals surface area contributed by atoms with Crippen molar-refractivity contribution in [2.75, 3.05) is 5.75 Å². The number of rotatable bonds is 19. The third kappa shape index (κ3) is 13.2. The highest BCUT2D eigenvalue weighted by Crippen LogP contribution is 2.28. The summed E-state index contributed by atoms with van der Waals surface area (Å²) < 4.78 is 38.1. The van der Waals surface area contributed by atoms with Crippen LogP contribution < -0.4 is 4.74 Å². The van der Waals surface area contributed by atoms with Gasteiger partial charge in [0.05, 0.1) is 0 Å². The SMILES string of the molecule is CCCCCCCCc1cccc(OC(CC)CS(=O)(=O)O)c1CCCCCCCC. The van der Waals surface area contributed by atoms with Crippen LogP contribution in [0, 0.1) is 0 Å². The van der Waals surface area contributed by atoms with Crippen molar-refractivity contribution in [1.82, 2.24) is 0 Å². The fourth-order valence-corrected chi connectivity index (χ4v) is 4.84. The molecule has 0 fully saturated rings. The molecule has 0 aliphatic carbocycles. The van der Waals surface area contributed by atoms with Gasteiger partial charge in [-0.3, -0.25) is 4.55 Å². The van der Waals surface area contributed by atoms with E-state index in [9.17, 15) is 13.0 Å². The normalized spacial score (nSPS) is 12.8. The van der Waals surface area contributed by atoms with Crippen LogP contribution in [0.5, 0.6) is 5.75 Å². The first-order chi connectivity index (χ1) is 14.9. The van der Waals surface area contributed by atoms with E-state index in [1.807, 2.05) is 19.1 Å². The van der Waals surface area contributed by atoms with E-state index in [2.05, 4.69) is 19.9 Å². The van der Waals surface area contributed by atoms with Crippen LogP contribution in [0.15, 0.2) is 18.2 Å². The van der Waals surface area contributed by atoms with E-state index in [4.69, 9.17) is 4.74 Å². The Hall–Kier alpha value is -1.07. The molecule has 180 valence electrons. The molecular weight excluding hydrogens is 408 g/mol. The summed E-state index contributed by atoms with van der Waals surface area (Å²) in [5, 5.41) is 0. The second-order valence-electron chi connectivity index (χ2n) is 8.83. The molecule has 31 heavy (non-hydrogen) atoms. The summed E-state index contributed by atoms with van der Waals surface area (Å²) >= 11 is 0. The van der Waals surface area contributed by atoms with Crippen molar-refractivity contribution in [3.63, 3.8) is 0 Å². The first kappa shape index (κ1) is 28.0. The summed E-state index contributed by atoms with van der Waals surface area (Å²) in [5.74, 6) is 0.439. The predicted octanol–water partition coefficient (Wildman–Crippen LogP) is 7.54. The Balaban J connectivity index is 2.82. The van der Waals surface area contributed by atoms with Crippen LogP contribution in [0.4, 0.5) is 0 Å². The summed E-state index contributed by atoms with van der Waals surface area (Å²) in [5.41, 5.74) is 2.57. The summed E-state index contributed by atoms with van der Waals surface area (Å²) in [6, 6.07) is 6.19. The van der Waals surface area contributed by atoms with Gasteiger partial charge in [-0.25, -0.2) is 0 Å². The van der Waals surface area contributed by atoms with Crippen molar-refractivity contribution in [3.05, 3.63) is 29.3 Å². The molecule has 1 unspecified atom stereocenters. The lowest BCUT2D eigenvalue weighted by molar-refractivity contribution is 0.214. The van der Waals surface area contributed by atoms with Gasteiger partial charge in [0.1, 0.15) is 17.6 Å². The number of unbranched alkanes of at least 4 members (excludes halogenated alkanes) is 10. The molecule has 0 aliphatic rings. The molecule has 0 bridgehead atoms. The second kappa shape index (κ2) is 16.5. The lowest BCUT2D eigenvalue weighted by Crippen LogP contribution is -2.26. The molecule has 1 N–H and O–H groups in total. The molecule has 0 aliphatic heterocycles. The Labute approximate surface area is 191 Å². The van der Waals surface area contributed by atoms with Crippen molar-refractivity contribution in [2.24, 2.45) is 0 Å². The molecule has 0 saturated carbocycles. The highest BCUT2D eigenvalue weighted by atomic mass is 32.2. The molecule has 0 aromatic heterocycles.